The van der Waals surface area contributed by atoms with Gasteiger partial charge in [0.15, 0.2) is 10.9 Å². The maximum atomic E-state index is 12.9. The number of carbonyl (C=O) groups excluding carboxylic acids is 1. The van der Waals surface area contributed by atoms with E-state index in [0.717, 1.165) is 35.1 Å². The summed E-state index contributed by atoms with van der Waals surface area (Å²) in [5.41, 5.74) is 9.01. The van der Waals surface area contributed by atoms with Gasteiger partial charge in [-0.25, -0.2) is 9.67 Å². The van der Waals surface area contributed by atoms with E-state index in [2.05, 4.69) is 21.9 Å². The summed E-state index contributed by atoms with van der Waals surface area (Å²) >= 11 is 1.69. The lowest BCUT2D eigenvalue weighted by Gasteiger charge is -2.36. The lowest BCUT2D eigenvalue weighted by molar-refractivity contribution is 0.0937. The molecule has 5 rings (SSSR count). The molecule has 1 aromatic carbocycles. The van der Waals surface area contributed by atoms with E-state index in [1.165, 1.54) is 68.6 Å². The van der Waals surface area contributed by atoms with Crippen molar-refractivity contribution in [1.82, 2.24) is 19.7 Å². The molecule has 0 bridgehead atoms. The number of rotatable bonds is 10. The third-order valence-corrected chi connectivity index (χ3v) is 9.13. The van der Waals surface area contributed by atoms with Crippen LogP contribution in [-0.2, 0) is 12.8 Å². The summed E-state index contributed by atoms with van der Waals surface area (Å²) in [5, 5.41) is 4.98. The summed E-state index contributed by atoms with van der Waals surface area (Å²) in [7, 11) is 0. The molecule has 0 radical (unpaired) electrons. The van der Waals surface area contributed by atoms with E-state index in [1.54, 1.807) is 17.5 Å². The molecule has 0 unspecified atom stereocenters. The number of nitrogens with zero attached hydrogens (tertiary/aromatic N) is 4. The van der Waals surface area contributed by atoms with Crippen LogP contribution in [0.15, 0.2) is 42.7 Å². The Morgan fingerprint density at radius 2 is 1.89 bits per heavy atom. The number of nitrogen functional groups attached to an aromatic ring is 1. The maximum Gasteiger partial charge on any atom is 0.180 e. The topological polar surface area (TPSA) is 77.0 Å². The number of hydrogen-bond donors (Lipinski definition) is 1. The number of Topliss-reactive ketones (excluding diaryl/α,β-unsaturated/α-hetero) is 1. The van der Waals surface area contributed by atoms with Crippen LogP contribution in [0.5, 0.6) is 0 Å². The summed E-state index contributed by atoms with van der Waals surface area (Å²) in [4.78, 5) is 21.6. The number of nitrogens with two attached hydrogens (primary N) is 1. The first kappa shape index (κ1) is 25.2. The van der Waals surface area contributed by atoms with Gasteiger partial charge in [-0.05, 0) is 100 Å². The number of thiazole rings is 1. The molecule has 1 fully saturated rings. The first-order valence-corrected chi connectivity index (χ1v) is 14.5. The Bertz CT molecular complexity index is 1120. The molecule has 0 amide bonds. The molecule has 192 valence electrons. The fraction of sp³-hybridized carbons (Fsp3) is 0.552. The van der Waals surface area contributed by atoms with Crippen LogP contribution in [-0.4, -0.2) is 44.6 Å². The van der Waals surface area contributed by atoms with E-state index in [4.69, 9.17) is 5.73 Å². The zero-order valence-electron chi connectivity index (χ0n) is 21.4. The molecule has 3 aromatic rings. The molecule has 1 saturated carbocycles. The summed E-state index contributed by atoms with van der Waals surface area (Å²) < 4.78 is 1.82. The molecule has 36 heavy (non-hydrogen) atoms. The highest BCUT2D eigenvalue weighted by Crippen LogP contribution is 2.35. The summed E-state index contributed by atoms with van der Waals surface area (Å²) in [5.74, 6) is 1.60. The molecule has 7 heteroatoms. The van der Waals surface area contributed by atoms with Gasteiger partial charge in [0.2, 0.25) is 0 Å². The minimum Gasteiger partial charge on any atom is -0.375 e. The molecule has 2 heterocycles. The Morgan fingerprint density at radius 3 is 2.61 bits per heavy atom. The van der Waals surface area contributed by atoms with Crippen LogP contribution >= 0.6 is 11.3 Å². The van der Waals surface area contributed by atoms with Gasteiger partial charge in [-0.2, -0.15) is 5.10 Å². The second kappa shape index (κ2) is 11.7. The second-order valence-corrected chi connectivity index (χ2v) is 11.8. The first-order valence-electron chi connectivity index (χ1n) is 13.7. The van der Waals surface area contributed by atoms with E-state index >= 15 is 0 Å². The quantitative estimate of drug-likeness (QED) is 0.345. The number of aromatic nitrogens is 3. The van der Waals surface area contributed by atoms with Crippen LogP contribution in [0, 0.1) is 11.8 Å². The highest BCUT2D eigenvalue weighted by Gasteiger charge is 2.28. The van der Waals surface area contributed by atoms with Gasteiger partial charge in [0.05, 0.1) is 11.4 Å². The van der Waals surface area contributed by atoms with Crippen molar-refractivity contribution in [3.8, 4) is 5.69 Å². The third-order valence-electron chi connectivity index (χ3n) is 8.18. The van der Waals surface area contributed by atoms with Gasteiger partial charge in [0, 0.05) is 35.3 Å². The lowest BCUT2D eigenvalue weighted by Crippen LogP contribution is -2.41. The summed E-state index contributed by atoms with van der Waals surface area (Å²) in [6, 6.07) is 10.4. The highest BCUT2D eigenvalue weighted by atomic mass is 32.1. The largest absolute Gasteiger partial charge is 0.375 e. The molecular formula is C29H39N5OS. The number of benzene rings is 1. The maximum absolute atomic E-state index is 12.9. The fourth-order valence-corrected chi connectivity index (χ4v) is 7.08. The molecule has 2 aliphatic rings. The number of fused-ring (bicyclic) bond motifs is 1. The zero-order chi connectivity index (χ0) is 24.9. The van der Waals surface area contributed by atoms with Crippen molar-refractivity contribution in [2.75, 3.05) is 18.8 Å². The average Bonchev–Trinajstić information content (AvgIpc) is 3.56. The van der Waals surface area contributed by atoms with Crippen molar-refractivity contribution < 1.29 is 4.79 Å². The summed E-state index contributed by atoms with van der Waals surface area (Å²) in [6.07, 6.45) is 15.1. The van der Waals surface area contributed by atoms with E-state index in [1.807, 2.05) is 41.2 Å². The van der Waals surface area contributed by atoms with Crippen LogP contribution in [0.1, 0.15) is 79.2 Å². The van der Waals surface area contributed by atoms with Crippen molar-refractivity contribution in [2.45, 2.75) is 77.2 Å². The molecular weight excluding hydrogens is 466 g/mol. The van der Waals surface area contributed by atoms with E-state index in [0.29, 0.717) is 18.4 Å². The highest BCUT2D eigenvalue weighted by molar-refractivity contribution is 7.15. The Hall–Kier alpha value is -2.51. The first-order chi connectivity index (χ1) is 17.6. The number of hydrogen-bond acceptors (Lipinski definition) is 6. The fourth-order valence-electron chi connectivity index (χ4n) is 6.13. The molecule has 1 atom stereocenters. The second-order valence-electron chi connectivity index (χ2n) is 10.7. The molecule has 2 aliphatic carbocycles. The van der Waals surface area contributed by atoms with E-state index in [-0.39, 0.29) is 5.78 Å². The lowest BCUT2D eigenvalue weighted by atomic mass is 9.78. The molecule has 6 nitrogen and oxygen atoms in total. The Morgan fingerprint density at radius 1 is 1.11 bits per heavy atom. The average molecular weight is 506 g/mol. The van der Waals surface area contributed by atoms with Crippen LogP contribution in [0.4, 0.5) is 5.13 Å². The molecule has 2 aromatic heterocycles. The third kappa shape index (κ3) is 6.06. The van der Waals surface area contributed by atoms with Crippen LogP contribution < -0.4 is 5.73 Å². The van der Waals surface area contributed by atoms with Gasteiger partial charge < -0.3 is 10.6 Å². The summed E-state index contributed by atoms with van der Waals surface area (Å²) in [6.45, 7) is 4.66. The molecule has 0 aliphatic heterocycles. The number of carbonyl (C=O) groups is 1. The minimum atomic E-state index is 0.278. The number of anilines is 1. The van der Waals surface area contributed by atoms with Crippen LogP contribution in [0.3, 0.4) is 0 Å². The zero-order valence-corrected chi connectivity index (χ0v) is 22.3. The van der Waals surface area contributed by atoms with Crippen molar-refractivity contribution in [3.63, 3.8) is 0 Å². The van der Waals surface area contributed by atoms with Gasteiger partial charge in [0.1, 0.15) is 0 Å². The van der Waals surface area contributed by atoms with Crippen molar-refractivity contribution in [1.29, 1.82) is 0 Å². The molecule has 0 saturated heterocycles. The minimum absolute atomic E-state index is 0.278. The Balaban J connectivity index is 1.07. The molecule has 2 N–H and O–H groups in total. The van der Waals surface area contributed by atoms with Crippen LogP contribution in [0.2, 0.25) is 0 Å². The standard InChI is InChI=1S/C29H39N5OS/c1-2-16-33(25-12-13-26-28(20-25)36-29(30)32-26)18-14-21-4-6-22(7-5-21)19-27(35)23-8-10-24(11-9-23)34-17-3-15-31-34/h3,8-11,15,17,21-22,25H,2,4-7,12-14,16,18-20H2,1H3,(H2,30,32)/t21?,22?,25-/m0/s1. The van der Waals surface area contributed by atoms with Crippen LogP contribution in [0.25, 0.3) is 5.69 Å². The van der Waals surface area contributed by atoms with Gasteiger partial charge in [-0.15, -0.1) is 11.3 Å². The normalized spacial score (nSPS) is 22.0. The van der Waals surface area contributed by atoms with Gasteiger partial charge in [-0.3, -0.25) is 4.79 Å². The monoisotopic (exact) mass is 505 g/mol. The van der Waals surface area contributed by atoms with Crippen molar-refractivity contribution >= 4 is 22.3 Å². The molecule has 0 spiro atoms. The van der Waals surface area contributed by atoms with Gasteiger partial charge >= 0.3 is 0 Å². The van der Waals surface area contributed by atoms with Crippen molar-refractivity contribution in [3.05, 3.63) is 58.9 Å². The Labute approximate surface area is 218 Å². The number of ketones is 1. The number of aryl methyl sites for hydroxylation is 1. The predicted molar refractivity (Wildman–Crippen MR) is 147 cm³/mol. The van der Waals surface area contributed by atoms with Gasteiger partial charge in [0.25, 0.3) is 0 Å². The van der Waals surface area contributed by atoms with E-state index < -0.39 is 0 Å². The van der Waals surface area contributed by atoms with Crippen molar-refractivity contribution in [2.24, 2.45) is 11.8 Å². The predicted octanol–water partition coefficient (Wildman–Crippen LogP) is 5.95. The Kier molecular flexibility index (Phi) is 8.17. The van der Waals surface area contributed by atoms with E-state index in [9.17, 15) is 4.79 Å². The SMILES string of the molecule is CCCN(CCC1CCC(CC(=O)c2ccc(-n3cccn3)cc2)CC1)[C@H]1CCc2nc(N)sc2C1. The smallest absolute Gasteiger partial charge is 0.180 e. The van der Waals surface area contributed by atoms with Gasteiger partial charge in [-0.1, -0.05) is 19.8 Å².